The third-order valence-electron chi connectivity index (χ3n) is 4.34. The monoisotopic (exact) mass is 383 g/mol. The van der Waals surface area contributed by atoms with Crippen LogP contribution in [0.4, 0.5) is 5.82 Å². The zero-order chi connectivity index (χ0) is 19.4. The number of anilines is 1. The van der Waals surface area contributed by atoms with Crippen LogP contribution in [0.15, 0.2) is 34.2 Å². The van der Waals surface area contributed by atoms with Crippen molar-refractivity contribution >= 4 is 23.5 Å². The molecule has 27 heavy (non-hydrogen) atoms. The second kappa shape index (κ2) is 8.31. The van der Waals surface area contributed by atoms with Crippen molar-refractivity contribution in [1.29, 1.82) is 0 Å². The molecule has 2 aromatic rings. The second-order valence-electron chi connectivity index (χ2n) is 6.24. The normalized spacial score (nSPS) is 15.6. The fourth-order valence-electron chi connectivity index (χ4n) is 3.06. The molecule has 7 heteroatoms. The lowest BCUT2D eigenvalue weighted by atomic mass is 9.87. The molecular formula is C20H21N3O3S. The van der Waals surface area contributed by atoms with Crippen LogP contribution >= 0.6 is 11.8 Å². The average Bonchev–Trinajstić information content (AvgIpc) is 2.67. The minimum absolute atomic E-state index is 0.118. The molecule has 3 rings (SSSR count). The summed E-state index contributed by atoms with van der Waals surface area (Å²) in [4.78, 5) is 29.3. The van der Waals surface area contributed by atoms with Gasteiger partial charge in [-0.05, 0) is 24.1 Å². The van der Waals surface area contributed by atoms with E-state index in [4.69, 9.17) is 11.2 Å². The van der Waals surface area contributed by atoms with Crippen LogP contribution in [0.25, 0.3) is 0 Å². The molecule has 1 aliphatic heterocycles. The largest absolute Gasteiger partial charge is 0.481 e. The SMILES string of the molecule is C#CCOc1ccc(C2CC(=O)Nc3c2c(=O)nc(SCCC)n3C)cc1. The summed E-state index contributed by atoms with van der Waals surface area (Å²) < 4.78 is 7.18. The van der Waals surface area contributed by atoms with Crippen molar-refractivity contribution in [2.24, 2.45) is 7.05 Å². The fraction of sp³-hybridized carbons (Fsp3) is 0.350. The van der Waals surface area contributed by atoms with Gasteiger partial charge in [0.05, 0.1) is 5.56 Å². The molecule has 1 aromatic heterocycles. The van der Waals surface area contributed by atoms with E-state index in [0.717, 1.165) is 17.7 Å². The summed E-state index contributed by atoms with van der Waals surface area (Å²) in [7, 11) is 1.82. The highest BCUT2D eigenvalue weighted by Gasteiger charge is 2.32. The van der Waals surface area contributed by atoms with E-state index < -0.39 is 0 Å². The zero-order valence-electron chi connectivity index (χ0n) is 15.3. The number of aromatic nitrogens is 2. The first-order valence-corrected chi connectivity index (χ1v) is 9.73. The van der Waals surface area contributed by atoms with Gasteiger partial charge in [-0.1, -0.05) is 36.7 Å². The number of rotatable bonds is 6. The maximum absolute atomic E-state index is 12.8. The van der Waals surface area contributed by atoms with Crippen molar-refractivity contribution in [2.75, 3.05) is 17.7 Å². The van der Waals surface area contributed by atoms with E-state index >= 15 is 0 Å². The minimum atomic E-state index is -0.341. The zero-order valence-corrected chi connectivity index (χ0v) is 16.1. The number of hydrogen-bond acceptors (Lipinski definition) is 5. The van der Waals surface area contributed by atoms with Crippen molar-refractivity contribution in [1.82, 2.24) is 9.55 Å². The van der Waals surface area contributed by atoms with Gasteiger partial charge in [-0.2, -0.15) is 4.98 Å². The molecule has 1 atom stereocenters. The Morgan fingerprint density at radius 3 is 2.78 bits per heavy atom. The number of amides is 1. The topological polar surface area (TPSA) is 73.2 Å². The predicted molar refractivity (Wildman–Crippen MR) is 106 cm³/mol. The molecule has 0 spiro atoms. The molecule has 0 bridgehead atoms. The summed E-state index contributed by atoms with van der Waals surface area (Å²) in [5, 5.41) is 3.46. The highest BCUT2D eigenvalue weighted by atomic mass is 32.2. The first kappa shape index (κ1) is 19.1. The summed E-state index contributed by atoms with van der Waals surface area (Å²) in [6, 6.07) is 7.31. The maximum Gasteiger partial charge on any atom is 0.279 e. The molecule has 140 valence electrons. The van der Waals surface area contributed by atoms with Gasteiger partial charge in [0.15, 0.2) is 5.16 Å². The first-order valence-electron chi connectivity index (χ1n) is 8.75. The Balaban J connectivity index is 2.01. The molecule has 0 radical (unpaired) electrons. The number of carbonyl (C=O) groups excluding carboxylic acids is 1. The summed E-state index contributed by atoms with van der Waals surface area (Å²) in [5.41, 5.74) is 1.10. The van der Waals surface area contributed by atoms with E-state index in [1.54, 1.807) is 16.7 Å². The molecule has 0 aliphatic carbocycles. The number of hydrogen-bond donors (Lipinski definition) is 1. The summed E-state index contributed by atoms with van der Waals surface area (Å²) in [6.07, 6.45) is 6.38. The lowest BCUT2D eigenvalue weighted by Crippen LogP contribution is -2.33. The molecular weight excluding hydrogens is 362 g/mol. The summed E-state index contributed by atoms with van der Waals surface area (Å²) in [5.74, 6) is 3.99. The van der Waals surface area contributed by atoms with Crippen LogP contribution in [0.5, 0.6) is 5.75 Å². The van der Waals surface area contributed by atoms with Gasteiger partial charge in [-0.3, -0.25) is 9.59 Å². The number of nitrogens with zero attached hydrogens (tertiary/aromatic N) is 2. The molecule has 6 nitrogen and oxygen atoms in total. The van der Waals surface area contributed by atoms with Gasteiger partial charge in [0.1, 0.15) is 18.2 Å². The Morgan fingerprint density at radius 1 is 1.37 bits per heavy atom. The molecule has 0 saturated heterocycles. The predicted octanol–water partition coefficient (Wildman–Crippen LogP) is 2.77. The van der Waals surface area contributed by atoms with E-state index in [0.29, 0.717) is 22.3 Å². The average molecular weight is 383 g/mol. The van der Waals surface area contributed by atoms with Gasteiger partial charge in [-0.15, -0.1) is 6.42 Å². The van der Waals surface area contributed by atoms with Crippen molar-refractivity contribution in [3.63, 3.8) is 0 Å². The standard InChI is InChI=1S/C20H21N3O3S/c1-4-10-26-14-8-6-13(7-9-14)15-12-16(24)21-18-17(15)19(25)22-20(23(18)3)27-11-5-2/h1,6-9,15H,5,10-12H2,2-3H3,(H,21,24). The van der Waals surface area contributed by atoms with Crippen molar-refractivity contribution in [3.05, 3.63) is 45.7 Å². The van der Waals surface area contributed by atoms with Gasteiger partial charge in [-0.25, -0.2) is 0 Å². The molecule has 1 aromatic carbocycles. The van der Waals surface area contributed by atoms with Crippen LogP contribution in [0.3, 0.4) is 0 Å². The molecule has 0 fully saturated rings. The van der Waals surface area contributed by atoms with E-state index in [2.05, 4.69) is 23.1 Å². The highest BCUT2D eigenvalue weighted by molar-refractivity contribution is 7.99. The quantitative estimate of drug-likeness (QED) is 0.472. The van der Waals surface area contributed by atoms with Gasteiger partial charge in [0.25, 0.3) is 5.56 Å². The van der Waals surface area contributed by atoms with Gasteiger partial charge in [0, 0.05) is 25.1 Å². The number of carbonyl (C=O) groups is 1. The number of nitrogens with one attached hydrogen (secondary N) is 1. The third kappa shape index (κ3) is 4.01. The van der Waals surface area contributed by atoms with Crippen LogP contribution in [0, 0.1) is 12.3 Å². The molecule has 2 heterocycles. The number of ether oxygens (including phenoxy) is 1. The Bertz CT molecular complexity index is 945. The van der Waals surface area contributed by atoms with Crippen molar-refractivity contribution < 1.29 is 9.53 Å². The Hall–Kier alpha value is -2.72. The van der Waals surface area contributed by atoms with Crippen LogP contribution < -0.4 is 15.6 Å². The van der Waals surface area contributed by atoms with Crippen LogP contribution in [0.1, 0.15) is 36.8 Å². The Kier molecular flexibility index (Phi) is 5.87. The summed E-state index contributed by atoms with van der Waals surface area (Å²) >= 11 is 1.51. The van der Waals surface area contributed by atoms with Crippen LogP contribution in [-0.2, 0) is 11.8 Å². The van der Waals surface area contributed by atoms with E-state index in [1.165, 1.54) is 11.8 Å². The van der Waals surface area contributed by atoms with Gasteiger partial charge < -0.3 is 14.6 Å². The highest BCUT2D eigenvalue weighted by Crippen LogP contribution is 2.36. The van der Waals surface area contributed by atoms with E-state index in [1.807, 2.05) is 19.2 Å². The summed E-state index contributed by atoms with van der Waals surface area (Å²) in [6.45, 7) is 2.26. The molecule has 1 aliphatic rings. The number of terminal acetylenes is 1. The molecule has 1 unspecified atom stereocenters. The molecule has 0 saturated carbocycles. The lowest BCUT2D eigenvalue weighted by Gasteiger charge is -2.27. The van der Waals surface area contributed by atoms with Gasteiger partial charge >= 0.3 is 0 Å². The van der Waals surface area contributed by atoms with Crippen molar-refractivity contribution in [3.8, 4) is 18.1 Å². The Morgan fingerprint density at radius 2 is 2.11 bits per heavy atom. The maximum atomic E-state index is 12.8. The lowest BCUT2D eigenvalue weighted by molar-refractivity contribution is -0.116. The van der Waals surface area contributed by atoms with Crippen LogP contribution in [0.2, 0.25) is 0 Å². The van der Waals surface area contributed by atoms with Gasteiger partial charge in [0.2, 0.25) is 5.91 Å². The van der Waals surface area contributed by atoms with Crippen molar-refractivity contribution in [2.45, 2.75) is 30.8 Å². The molecule has 1 N–H and O–H groups in total. The van der Waals surface area contributed by atoms with E-state index in [9.17, 15) is 9.59 Å². The second-order valence-corrected chi connectivity index (χ2v) is 7.30. The number of thioether (sulfide) groups is 1. The number of benzene rings is 1. The Labute approximate surface area is 162 Å². The fourth-order valence-corrected chi connectivity index (χ4v) is 3.88. The third-order valence-corrected chi connectivity index (χ3v) is 5.58. The van der Waals surface area contributed by atoms with E-state index in [-0.39, 0.29) is 30.4 Å². The first-order chi connectivity index (χ1) is 13.0. The molecule has 1 amide bonds. The smallest absolute Gasteiger partial charge is 0.279 e. The number of fused-ring (bicyclic) bond motifs is 1. The minimum Gasteiger partial charge on any atom is -0.481 e. The van der Waals surface area contributed by atoms with Crippen LogP contribution in [-0.4, -0.2) is 27.8 Å².